The number of allylic oxidation sites excluding steroid dienone is 1. The fraction of sp³-hybridized carbons (Fsp3) is 0.846. The molecule has 2 aliphatic carbocycles. The summed E-state index contributed by atoms with van der Waals surface area (Å²) in [5.41, 5.74) is -14.2. The van der Waals surface area contributed by atoms with Gasteiger partial charge >= 0.3 is 35.9 Å². The van der Waals surface area contributed by atoms with Gasteiger partial charge in [0.15, 0.2) is 0 Å². The first kappa shape index (κ1) is 22.1. The Morgan fingerprint density at radius 2 is 1.11 bits per heavy atom. The second-order valence-electron chi connectivity index (χ2n) is 6.32. The maximum absolute atomic E-state index is 13.3. The molecule has 2 bridgehead atoms. The summed E-state index contributed by atoms with van der Waals surface area (Å²) in [6, 6.07) is 0. The van der Waals surface area contributed by atoms with Crippen molar-refractivity contribution in [2.45, 2.75) is 54.9 Å². The van der Waals surface area contributed by atoms with Gasteiger partial charge in [-0.15, -0.1) is 0 Å². The molecule has 2 aliphatic rings. The lowest BCUT2D eigenvalue weighted by Gasteiger charge is -2.49. The number of hydrogen-bond acceptors (Lipinski definition) is 2. The normalized spacial score (nSPS) is 27.5. The van der Waals surface area contributed by atoms with Gasteiger partial charge in [0.1, 0.15) is 0 Å². The molecular weight excluding hydrogens is 416 g/mol. The highest BCUT2D eigenvalue weighted by Crippen LogP contribution is 2.63. The predicted molar refractivity (Wildman–Crippen MR) is 62.1 cm³/mol. The molecule has 1 fully saturated rings. The highest BCUT2D eigenvalue weighted by atomic mass is 19.4. The first-order valence-corrected chi connectivity index (χ1v) is 7.15. The number of aliphatic hydroxyl groups is 1. The molecule has 158 valence electrons. The zero-order valence-electron chi connectivity index (χ0n) is 12.7. The zero-order chi connectivity index (χ0) is 21.3. The minimum absolute atomic E-state index is 0.0904. The predicted octanol–water partition coefficient (Wildman–Crippen LogP) is 4.69. The largest absolute Gasteiger partial charge is 0.430 e. The van der Waals surface area contributed by atoms with Crippen molar-refractivity contribution >= 4 is 0 Å². The molecule has 0 aromatic carbocycles. The molecule has 0 spiro atoms. The monoisotopic (exact) mass is 426 g/mol. The summed E-state index contributed by atoms with van der Waals surface area (Å²) in [5.74, 6) is -1.89. The Kier molecular flexibility index (Phi) is 4.84. The quantitative estimate of drug-likeness (QED) is 0.525. The van der Waals surface area contributed by atoms with E-state index in [0.717, 1.165) is 6.08 Å². The molecule has 0 radical (unpaired) electrons. The Labute approximate surface area is 142 Å². The van der Waals surface area contributed by atoms with E-state index in [1.54, 1.807) is 0 Å². The van der Waals surface area contributed by atoms with E-state index in [2.05, 4.69) is 4.74 Å². The standard InChI is InChI=1S/C13H10F12O2/c14-10(15,16)8(26,11(17,18)19)9(12(20,21)22,13(23,24)25)27-7-4-5-1-2-6(7)3-5/h1-2,5-7,26H,3-4H2. The molecule has 27 heavy (non-hydrogen) atoms. The van der Waals surface area contributed by atoms with Crippen molar-refractivity contribution in [3.05, 3.63) is 12.2 Å². The van der Waals surface area contributed by atoms with Crippen LogP contribution in [0.25, 0.3) is 0 Å². The van der Waals surface area contributed by atoms with Gasteiger partial charge < -0.3 is 9.84 Å². The van der Waals surface area contributed by atoms with E-state index in [9.17, 15) is 52.7 Å². The van der Waals surface area contributed by atoms with Gasteiger partial charge in [0.25, 0.3) is 0 Å². The summed E-state index contributed by atoms with van der Waals surface area (Å²) in [5, 5.41) is 9.06. The van der Waals surface area contributed by atoms with Crippen LogP contribution in [0, 0.1) is 11.8 Å². The summed E-state index contributed by atoms with van der Waals surface area (Å²) in [4.78, 5) is 0. The van der Waals surface area contributed by atoms with E-state index in [1.165, 1.54) is 6.08 Å². The first-order valence-electron chi connectivity index (χ1n) is 7.15. The Hall–Kier alpha value is -1.18. The van der Waals surface area contributed by atoms with E-state index in [1.807, 2.05) is 0 Å². The van der Waals surface area contributed by atoms with Gasteiger partial charge in [0.2, 0.25) is 0 Å². The molecule has 1 N–H and O–H groups in total. The van der Waals surface area contributed by atoms with Crippen LogP contribution in [0.2, 0.25) is 0 Å². The molecule has 0 aromatic heterocycles. The lowest BCUT2D eigenvalue weighted by Crippen LogP contribution is -2.82. The van der Waals surface area contributed by atoms with Crippen LogP contribution in [-0.4, -0.2) is 47.1 Å². The number of alkyl halides is 12. The van der Waals surface area contributed by atoms with Gasteiger partial charge in [-0.05, 0) is 18.8 Å². The molecule has 0 aliphatic heterocycles. The summed E-state index contributed by atoms with van der Waals surface area (Å²) >= 11 is 0. The number of ether oxygens (including phenoxy) is 1. The smallest absolute Gasteiger partial charge is 0.371 e. The van der Waals surface area contributed by atoms with Crippen molar-refractivity contribution < 1.29 is 62.5 Å². The molecule has 3 unspecified atom stereocenters. The van der Waals surface area contributed by atoms with Crippen LogP contribution in [0.15, 0.2) is 12.2 Å². The lowest BCUT2D eigenvalue weighted by atomic mass is 9.78. The van der Waals surface area contributed by atoms with E-state index in [-0.39, 0.29) is 6.42 Å². The van der Waals surface area contributed by atoms with Gasteiger partial charge in [-0.1, -0.05) is 12.2 Å². The fourth-order valence-electron chi connectivity index (χ4n) is 3.44. The maximum atomic E-state index is 13.3. The number of halogens is 12. The summed E-state index contributed by atoms with van der Waals surface area (Å²) in [7, 11) is 0. The highest BCUT2D eigenvalue weighted by molar-refractivity contribution is 5.20. The highest BCUT2D eigenvalue weighted by Gasteiger charge is 2.95. The van der Waals surface area contributed by atoms with E-state index in [4.69, 9.17) is 5.11 Å². The average molecular weight is 426 g/mol. The molecule has 3 atom stereocenters. The minimum atomic E-state index is -7.41. The van der Waals surface area contributed by atoms with Crippen molar-refractivity contribution in [2.75, 3.05) is 0 Å². The molecule has 2 rings (SSSR count). The second kappa shape index (κ2) is 5.91. The van der Waals surface area contributed by atoms with Crippen LogP contribution in [0.1, 0.15) is 12.8 Å². The fourth-order valence-corrected chi connectivity index (χ4v) is 3.44. The van der Waals surface area contributed by atoms with Gasteiger partial charge in [-0.2, -0.15) is 52.7 Å². The van der Waals surface area contributed by atoms with Gasteiger partial charge in [-0.25, -0.2) is 0 Å². The number of rotatable bonds is 3. The molecule has 0 aromatic rings. The Balaban J connectivity index is 2.77. The zero-order valence-corrected chi connectivity index (χ0v) is 12.7. The van der Waals surface area contributed by atoms with Gasteiger partial charge in [-0.3, -0.25) is 0 Å². The van der Waals surface area contributed by atoms with Crippen LogP contribution in [0.4, 0.5) is 52.7 Å². The van der Waals surface area contributed by atoms with Crippen LogP contribution < -0.4 is 0 Å². The van der Waals surface area contributed by atoms with E-state index >= 15 is 0 Å². The summed E-state index contributed by atoms with van der Waals surface area (Å²) in [6.07, 6.45) is -30.0. The average Bonchev–Trinajstić information content (AvgIpc) is 3.00. The maximum Gasteiger partial charge on any atom is 0.430 e. The van der Waals surface area contributed by atoms with Crippen molar-refractivity contribution in [1.29, 1.82) is 0 Å². The van der Waals surface area contributed by atoms with Crippen LogP contribution in [0.3, 0.4) is 0 Å². The number of hydrogen-bond donors (Lipinski definition) is 1. The third kappa shape index (κ3) is 2.98. The molecule has 14 heteroatoms. The molecule has 2 nitrogen and oxygen atoms in total. The molecular formula is C13H10F12O2. The molecule has 0 heterocycles. The lowest BCUT2D eigenvalue weighted by molar-refractivity contribution is -0.508. The summed E-state index contributed by atoms with van der Waals surface area (Å²) in [6.45, 7) is 0. The van der Waals surface area contributed by atoms with Crippen LogP contribution in [0.5, 0.6) is 0 Å². The topological polar surface area (TPSA) is 29.5 Å². The van der Waals surface area contributed by atoms with Crippen molar-refractivity contribution in [1.82, 2.24) is 0 Å². The SMILES string of the molecule is OC(C(F)(F)F)(C(F)(F)F)C(OC1CC2C=CC1C2)(C(F)(F)F)C(F)(F)F. The van der Waals surface area contributed by atoms with E-state index < -0.39 is 60.3 Å². The third-order valence-electron chi connectivity index (χ3n) is 4.67. The molecule has 1 saturated carbocycles. The Bertz CT molecular complexity index is 568. The van der Waals surface area contributed by atoms with Gasteiger partial charge in [0.05, 0.1) is 6.10 Å². The van der Waals surface area contributed by atoms with Gasteiger partial charge in [0, 0.05) is 5.92 Å². The Morgan fingerprint density at radius 3 is 1.37 bits per heavy atom. The van der Waals surface area contributed by atoms with Crippen LogP contribution in [-0.2, 0) is 4.74 Å². The van der Waals surface area contributed by atoms with Crippen molar-refractivity contribution in [3.8, 4) is 0 Å². The molecule has 0 amide bonds. The minimum Gasteiger partial charge on any atom is -0.371 e. The van der Waals surface area contributed by atoms with Crippen molar-refractivity contribution in [3.63, 3.8) is 0 Å². The van der Waals surface area contributed by atoms with E-state index in [0.29, 0.717) is 0 Å². The Morgan fingerprint density at radius 1 is 0.667 bits per heavy atom. The summed E-state index contributed by atoms with van der Waals surface area (Å²) < 4.78 is 161. The molecule has 0 saturated heterocycles. The van der Waals surface area contributed by atoms with Crippen LogP contribution >= 0.6 is 0 Å². The van der Waals surface area contributed by atoms with Crippen molar-refractivity contribution in [2.24, 2.45) is 11.8 Å². The second-order valence-corrected chi connectivity index (χ2v) is 6.32. The number of fused-ring (bicyclic) bond motifs is 2. The first-order chi connectivity index (χ1) is 11.8. The third-order valence-corrected chi connectivity index (χ3v) is 4.67.